The summed E-state index contributed by atoms with van der Waals surface area (Å²) in [5.74, 6) is 0.489. The summed E-state index contributed by atoms with van der Waals surface area (Å²) >= 11 is 7.03. The van der Waals surface area contributed by atoms with Gasteiger partial charge in [0.1, 0.15) is 10.8 Å². The predicted octanol–water partition coefficient (Wildman–Crippen LogP) is 3.88. The van der Waals surface area contributed by atoms with Crippen LogP contribution in [0.3, 0.4) is 0 Å². The molecule has 0 amide bonds. The zero-order valence-corrected chi connectivity index (χ0v) is 13.6. The lowest BCUT2D eigenvalue weighted by atomic mass is 10.1. The molecule has 1 saturated carbocycles. The van der Waals surface area contributed by atoms with Crippen LogP contribution in [0, 0.1) is 0 Å². The molecule has 0 saturated heterocycles. The van der Waals surface area contributed by atoms with Gasteiger partial charge < -0.3 is 4.18 Å². The third-order valence-electron chi connectivity index (χ3n) is 3.29. The molecular weight excluding hydrogens is 324 g/mol. The van der Waals surface area contributed by atoms with E-state index in [2.05, 4.69) is 4.98 Å². The van der Waals surface area contributed by atoms with Gasteiger partial charge in [-0.15, -0.1) is 0 Å². The van der Waals surface area contributed by atoms with Gasteiger partial charge in [-0.25, -0.2) is 0 Å². The first-order valence-corrected chi connectivity index (χ1v) is 8.09. The Kier molecular flexibility index (Phi) is 4.71. The van der Waals surface area contributed by atoms with Crippen LogP contribution in [-0.2, 0) is 4.18 Å². The lowest BCUT2D eigenvalue weighted by Crippen LogP contribution is -2.21. The molecule has 3 rings (SSSR count). The summed E-state index contributed by atoms with van der Waals surface area (Å²) in [5, 5.41) is 0.457. The van der Waals surface area contributed by atoms with Crippen molar-refractivity contribution in [1.29, 1.82) is 0 Å². The number of pyridine rings is 2. The number of aromatic nitrogens is 2. The number of nitrogens with zero attached hydrogens (tertiary/aromatic N) is 2. The monoisotopic (exact) mass is 338 g/mol. The van der Waals surface area contributed by atoms with Crippen LogP contribution in [0.15, 0.2) is 35.3 Å². The first-order chi connectivity index (χ1) is 10.7. The molecule has 116 valence electrons. The zero-order valence-electron chi connectivity index (χ0n) is 12.0. The Hall–Kier alpha value is -1.50. The van der Waals surface area contributed by atoms with Crippen molar-refractivity contribution in [1.82, 2.24) is 9.55 Å². The SMILES string of the molecule is CCOSOc1cccnc1-c1ccc(Cl)n(C2CC2)c1=O. The van der Waals surface area contributed by atoms with Gasteiger partial charge in [-0.05, 0) is 44.0 Å². The normalized spacial score (nSPS) is 14.1. The fraction of sp³-hybridized carbons (Fsp3) is 0.333. The fourth-order valence-corrected chi connectivity index (χ4v) is 2.78. The van der Waals surface area contributed by atoms with Crippen molar-refractivity contribution >= 4 is 23.9 Å². The van der Waals surface area contributed by atoms with E-state index in [1.165, 1.54) is 0 Å². The third kappa shape index (κ3) is 3.14. The van der Waals surface area contributed by atoms with Gasteiger partial charge in [-0.2, -0.15) is 0 Å². The summed E-state index contributed by atoms with van der Waals surface area (Å²) in [7, 11) is 0. The highest BCUT2D eigenvalue weighted by molar-refractivity contribution is 7.90. The van der Waals surface area contributed by atoms with E-state index in [1.54, 1.807) is 35.0 Å². The maximum atomic E-state index is 12.7. The largest absolute Gasteiger partial charge is 0.398 e. The topological polar surface area (TPSA) is 53.4 Å². The van der Waals surface area contributed by atoms with E-state index >= 15 is 0 Å². The lowest BCUT2D eigenvalue weighted by molar-refractivity contribution is 0.369. The van der Waals surface area contributed by atoms with E-state index in [9.17, 15) is 4.79 Å². The molecule has 0 radical (unpaired) electrons. The molecule has 1 aliphatic carbocycles. The first kappa shape index (κ1) is 15.4. The average Bonchev–Trinajstić information content (AvgIpc) is 3.33. The molecule has 2 aromatic rings. The first-order valence-electron chi connectivity index (χ1n) is 7.05. The minimum Gasteiger partial charge on any atom is -0.398 e. The van der Waals surface area contributed by atoms with Crippen molar-refractivity contribution in [2.75, 3.05) is 6.61 Å². The van der Waals surface area contributed by atoms with E-state index in [-0.39, 0.29) is 11.6 Å². The van der Waals surface area contributed by atoms with Crippen LogP contribution in [0.1, 0.15) is 25.8 Å². The maximum absolute atomic E-state index is 12.7. The molecule has 2 heterocycles. The average molecular weight is 339 g/mol. The molecule has 7 heteroatoms. The molecule has 0 N–H and O–H groups in total. The zero-order chi connectivity index (χ0) is 15.5. The standard InChI is InChI=1S/C15H15ClN2O3S/c1-2-20-22-21-12-4-3-9-17-14(12)11-7-8-13(16)18(15(11)19)10-5-6-10/h3-4,7-10H,2,5-6H2,1H3. The van der Waals surface area contributed by atoms with E-state index in [1.807, 2.05) is 6.92 Å². The molecule has 2 aromatic heterocycles. The van der Waals surface area contributed by atoms with Crippen molar-refractivity contribution in [2.24, 2.45) is 0 Å². The molecule has 0 unspecified atom stereocenters. The van der Waals surface area contributed by atoms with Crippen LogP contribution in [0.5, 0.6) is 5.75 Å². The van der Waals surface area contributed by atoms with Crippen molar-refractivity contribution in [2.45, 2.75) is 25.8 Å². The van der Waals surface area contributed by atoms with E-state index in [0.717, 1.165) is 25.2 Å². The second-order valence-electron chi connectivity index (χ2n) is 4.88. The van der Waals surface area contributed by atoms with Gasteiger partial charge in [0, 0.05) is 12.2 Å². The second kappa shape index (κ2) is 6.73. The van der Waals surface area contributed by atoms with Crippen LogP contribution in [-0.4, -0.2) is 16.2 Å². The van der Waals surface area contributed by atoms with Gasteiger partial charge in [-0.3, -0.25) is 18.5 Å². The summed E-state index contributed by atoms with van der Waals surface area (Å²) in [6, 6.07) is 7.12. The van der Waals surface area contributed by atoms with Gasteiger partial charge in [0.05, 0.1) is 12.2 Å². The van der Waals surface area contributed by atoms with Crippen LogP contribution in [0.2, 0.25) is 5.15 Å². The smallest absolute Gasteiger partial charge is 0.261 e. The summed E-state index contributed by atoms with van der Waals surface area (Å²) in [6.45, 7) is 2.39. The lowest BCUT2D eigenvalue weighted by Gasteiger charge is -2.11. The summed E-state index contributed by atoms with van der Waals surface area (Å²) in [6.07, 6.45) is 3.59. The van der Waals surface area contributed by atoms with E-state index in [0.29, 0.717) is 28.8 Å². The molecule has 0 aromatic carbocycles. The van der Waals surface area contributed by atoms with Crippen LogP contribution >= 0.6 is 23.9 Å². The molecule has 0 spiro atoms. The molecule has 1 fully saturated rings. The van der Waals surface area contributed by atoms with E-state index in [4.69, 9.17) is 20.0 Å². The number of hydrogen-bond donors (Lipinski definition) is 0. The third-order valence-corrected chi connectivity index (χ3v) is 4.18. The second-order valence-corrected chi connectivity index (χ2v) is 5.81. The fourth-order valence-electron chi connectivity index (χ4n) is 2.15. The van der Waals surface area contributed by atoms with E-state index < -0.39 is 0 Å². The molecule has 22 heavy (non-hydrogen) atoms. The Bertz CT molecular complexity index is 731. The van der Waals surface area contributed by atoms with Crippen molar-refractivity contribution < 1.29 is 8.37 Å². The molecular formula is C15H15ClN2O3S. The number of hydrogen-bond acceptors (Lipinski definition) is 5. The van der Waals surface area contributed by atoms with Crippen molar-refractivity contribution in [3.05, 3.63) is 46.0 Å². The quantitative estimate of drug-likeness (QED) is 0.454. The van der Waals surface area contributed by atoms with Gasteiger partial charge in [-0.1, -0.05) is 11.6 Å². The van der Waals surface area contributed by atoms with Crippen molar-refractivity contribution in [3.63, 3.8) is 0 Å². The highest BCUT2D eigenvalue weighted by atomic mass is 35.5. The molecule has 1 aliphatic rings. The Morgan fingerprint density at radius 3 is 2.95 bits per heavy atom. The van der Waals surface area contributed by atoms with Crippen LogP contribution in [0.4, 0.5) is 0 Å². The Morgan fingerprint density at radius 1 is 1.41 bits per heavy atom. The Labute approximate surface area is 137 Å². The predicted molar refractivity (Wildman–Crippen MR) is 87.1 cm³/mol. The maximum Gasteiger partial charge on any atom is 0.261 e. The highest BCUT2D eigenvalue weighted by Gasteiger charge is 2.28. The van der Waals surface area contributed by atoms with Gasteiger partial charge in [0.15, 0.2) is 5.75 Å². The number of halogens is 1. The molecule has 0 aliphatic heterocycles. The molecule has 0 atom stereocenters. The minimum absolute atomic E-state index is 0.139. The summed E-state index contributed by atoms with van der Waals surface area (Å²) in [4.78, 5) is 17.0. The van der Waals surface area contributed by atoms with Gasteiger partial charge >= 0.3 is 0 Å². The Balaban J connectivity index is 2.01. The van der Waals surface area contributed by atoms with Crippen molar-refractivity contribution in [3.8, 4) is 17.0 Å². The highest BCUT2D eigenvalue weighted by Crippen LogP contribution is 2.37. The Morgan fingerprint density at radius 2 is 2.23 bits per heavy atom. The minimum atomic E-state index is -0.139. The molecule has 5 nitrogen and oxygen atoms in total. The summed E-state index contributed by atoms with van der Waals surface area (Å²) < 4.78 is 12.2. The van der Waals surface area contributed by atoms with Gasteiger partial charge in [0.25, 0.3) is 5.56 Å². The van der Waals surface area contributed by atoms with Crippen LogP contribution in [0.25, 0.3) is 11.3 Å². The van der Waals surface area contributed by atoms with Gasteiger partial charge in [0.2, 0.25) is 12.3 Å². The molecule has 0 bridgehead atoms. The summed E-state index contributed by atoms with van der Waals surface area (Å²) in [5.41, 5.74) is 0.828. The van der Waals surface area contributed by atoms with Crippen LogP contribution < -0.4 is 9.74 Å². The number of rotatable bonds is 6.